The molecule has 70 valence electrons. The smallest absolute Gasteiger partial charge is 0.165 e. The first kappa shape index (κ1) is 9.74. The molecule has 0 atom stereocenters. The molecule has 1 rings (SSSR count). The fraction of sp³-hybridized carbons (Fsp3) is 0.200. The van der Waals surface area contributed by atoms with Crippen LogP contribution in [0.5, 0.6) is 5.75 Å². The van der Waals surface area contributed by atoms with Gasteiger partial charge in [0.05, 0.1) is 0 Å². The van der Waals surface area contributed by atoms with Crippen molar-refractivity contribution in [3.05, 3.63) is 42.2 Å². The van der Waals surface area contributed by atoms with Crippen LogP contribution in [0.3, 0.4) is 0 Å². The van der Waals surface area contributed by atoms with Gasteiger partial charge in [-0.2, -0.15) is 0 Å². The molecule has 2 N–H and O–H groups in total. The number of para-hydroxylation sites is 1. The molecule has 2 nitrogen and oxygen atoms in total. The van der Waals surface area contributed by atoms with Gasteiger partial charge in [-0.15, -0.1) is 0 Å². The average molecular weight is 181 g/mol. The van der Waals surface area contributed by atoms with E-state index in [2.05, 4.69) is 6.58 Å². The summed E-state index contributed by atoms with van der Waals surface area (Å²) in [6.07, 6.45) is 1.56. The van der Waals surface area contributed by atoms with E-state index >= 15 is 0 Å². The van der Waals surface area contributed by atoms with Gasteiger partial charge in [-0.25, -0.2) is 4.39 Å². The second-order valence-corrected chi connectivity index (χ2v) is 2.53. The van der Waals surface area contributed by atoms with E-state index in [0.717, 1.165) is 0 Å². The number of benzene rings is 1. The van der Waals surface area contributed by atoms with E-state index in [1.807, 2.05) is 0 Å². The van der Waals surface area contributed by atoms with Crippen LogP contribution in [0.25, 0.3) is 0 Å². The molecule has 1 aromatic carbocycles. The SMILES string of the molecule is C=CCOc1c(F)cccc1CN. The third-order valence-corrected chi connectivity index (χ3v) is 1.61. The molecule has 0 aliphatic heterocycles. The van der Waals surface area contributed by atoms with Crippen LogP contribution in [0.1, 0.15) is 5.56 Å². The molecule has 0 fully saturated rings. The Kier molecular flexibility index (Phi) is 3.46. The molecule has 0 aliphatic rings. The highest BCUT2D eigenvalue weighted by atomic mass is 19.1. The second kappa shape index (κ2) is 4.62. The third-order valence-electron chi connectivity index (χ3n) is 1.61. The van der Waals surface area contributed by atoms with Crippen LogP contribution in [0.2, 0.25) is 0 Å². The average Bonchev–Trinajstić information content (AvgIpc) is 2.15. The van der Waals surface area contributed by atoms with E-state index in [9.17, 15) is 4.39 Å². The van der Waals surface area contributed by atoms with Gasteiger partial charge in [0.1, 0.15) is 6.61 Å². The molecular formula is C10H12FNO. The van der Waals surface area contributed by atoms with Gasteiger partial charge >= 0.3 is 0 Å². The molecule has 0 saturated heterocycles. The lowest BCUT2D eigenvalue weighted by Gasteiger charge is -2.08. The molecule has 0 unspecified atom stereocenters. The largest absolute Gasteiger partial charge is 0.486 e. The summed E-state index contributed by atoms with van der Waals surface area (Å²) in [4.78, 5) is 0. The molecule has 13 heavy (non-hydrogen) atoms. The topological polar surface area (TPSA) is 35.2 Å². The van der Waals surface area contributed by atoms with Crippen LogP contribution in [-0.4, -0.2) is 6.61 Å². The van der Waals surface area contributed by atoms with E-state index in [-0.39, 0.29) is 24.7 Å². The fourth-order valence-corrected chi connectivity index (χ4v) is 1.02. The Bertz CT molecular complexity index is 299. The zero-order valence-electron chi connectivity index (χ0n) is 7.29. The van der Waals surface area contributed by atoms with E-state index in [1.54, 1.807) is 18.2 Å². The van der Waals surface area contributed by atoms with E-state index < -0.39 is 0 Å². The Morgan fingerprint density at radius 2 is 2.31 bits per heavy atom. The van der Waals surface area contributed by atoms with Crippen LogP contribution in [0.15, 0.2) is 30.9 Å². The number of ether oxygens (including phenoxy) is 1. The zero-order chi connectivity index (χ0) is 9.68. The van der Waals surface area contributed by atoms with Gasteiger partial charge in [0.25, 0.3) is 0 Å². The quantitative estimate of drug-likeness (QED) is 0.719. The molecule has 3 heteroatoms. The molecule has 0 aromatic heterocycles. The van der Waals surface area contributed by atoms with E-state index in [4.69, 9.17) is 10.5 Å². The maximum absolute atomic E-state index is 13.1. The maximum Gasteiger partial charge on any atom is 0.165 e. The summed E-state index contributed by atoms with van der Waals surface area (Å²) in [5.74, 6) is -0.158. The molecule has 1 aromatic rings. The molecule has 0 saturated carbocycles. The van der Waals surface area contributed by atoms with Crippen molar-refractivity contribution in [2.75, 3.05) is 6.61 Å². The standard InChI is InChI=1S/C10H12FNO/c1-2-6-13-10-8(7-12)4-3-5-9(10)11/h2-5H,1,6-7,12H2. The Morgan fingerprint density at radius 1 is 1.54 bits per heavy atom. The van der Waals surface area contributed by atoms with Crippen molar-refractivity contribution < 1.29 is 9.13 Å². The van der Waals surface area contributed by atoms with Crippen LogP contribution in [0.4, 0.5) is 4.39 Å². The van der Waals surface area contributed by atoms with Gasteiger partial charge in [-0.05, 0) is 6.07 Å². The first-order valence-electron chi connectivity index (χ1n) is 4.00. The van der Waals surface area contributed by atoms with E-state index in [1.165, 1.54) is 6.07 Å². The van der Waals surface area contributed by atoms with Crippen molar-refractivity contribution in [2.45, 2.75) is 6.54 Å². The summed E-state index contributed by atoms with van der Waals surface area (Å²) in [7, 11) is 0. The molecule has 0 bridgehead atoms. The number of hydrogen-bond acceptors (Lipinski definition) is 2. The van der Waals surface area contributed by atoms with Gasteiger partial charge in [-0.3, -0.25) is 0 Å². The number of nitrogens with two attached hydrogens (primary N) is 1. The Hall–Kier alpha value is -1.35. The van der Waals surface area contributed by atoms with Crippen molar-refractivity contribution in [3.8, 4) is 5.75 Å². The summed E-state index contributed by atoms with van der Waals surface area (Å²) in [6, 6.07) is 4.69. The molecule has 0 spiro atoms. The predicted molar refractivity (Wildman–Crippen MR) is 50.0 cm³/mol. The normalized spacial score (nSPS) is 9.69. The number of rotatable bonds is 4. The lowest BCUT2D eigenvalue weighted by atomic mass is 10.2. The minimum absolute atomic E-state index is 0.227. The summed E-state index contributed by atoms with van der Waals surface area (Å²) >= 11 is 0. The lowest BCUT2D eigenvalue weighted by molar-refractivity contribution is 0.338. The van der Waals surface area contributed by atoms with Crippen molar-refractivity contribution in [1.82, 2.24) is 0 Å². The summed E-state index contributed by atoms with van der Waals surface area (Å²) in [5, 5.41) is 0. The molecule has 0 heterocycles. The lowest BCUT2D eigenvalue weighted by Crippen LogP contribution is -2.04. The predicted octanol–water partition coefficient (Wildman–Crippen LogP) is 1.85. The van der Waals surface area contributed by atoms with Gasteiger partial charge in [0.15, 0.2) is 11.6 Å². The van der Waals surface area contributed by atoms with Crippen molar-refractivity contribution in [2.24, 2.45) is 5.73 Å². The van der Waals surface area contributed by atoms with Gasteiger partial charge in [0.2, 0.25) is 0 Å². The summed E-state index contributed by atoms with van der Waals surface area (Å²) in [5.41, 5.74) is 6.09. The van der Waals surface area contributed by atoms with Gasteiger partial charge in [0, 0.05) is 12.1 Å². The van der Waals surface area contributed by atoms with Crippen LogP contribution < -0.4 is 10.5 Å². The highest BCUT2D eigenvalue weighted by Crippen LogP contribution is 2.21. The molecule has 0 radical (unpaired) electrons. The minimum Gasteiger partial charge on any atom is -0.486 e. The third kappa shape index (κ3) is 2.29. The van der Waals surface area contributed by atoms with Crippen LogP contribution in [-0.2, 0) is 6.54 Å². The fourth-order valence-electron chi connectivity index (χ4n) is 1.02. The summed E-state index contributed by atoms with van der Waals surface area (Å²) in [6.45, 7) is 4.04. The second-order valence-electron chi connectivity index (χ2n) is 2.53. The van der Waals surface area contributed by atoms with Crippen molar-refractivity contribution in [1.29, 1.82) is 0 Å². The molecular weight excluding hydrogens is 169 g/mol. The minimum atomic E-state index is -0.384. The van der Waals surface area contributed by atoms with E-state index in [0.29, 0.717) is 5.56 Å². The number of hydrogen-bond donors (Lipinski definition) is 1. The molecule has 0 amide bonds. The maximum atomic E-state index is 13.1. The van der Waals surface area contributed by atoms with Gasteiger partial charge < -0.3 is 10.5 Å². The Labute approximate surface area is 76.8 Å². The zero-order valence-corrected chi connectivity index (χ0v) is 7.29. The Balaban J connectivity index is 2.93. The monoisotopic (exact) mass is 181 g/mol. The number of halogens is 1. The van der Waals surface area contributed by atoms with Gasteiger partial charge in [-0.1, -0.05) is 24.8 Å². The van der Waals surface area contributed by atoms with Crippen LogP contribution >= 0.6 is 0 Å². The highest BCUT2D eigenvalue weighted by Gasteiger charge is 2.06. The molecule has 0 aliphatic carbocycles. The Morgan fingerprint density at radius 3 is 2.92 bits per heavy atom. The van der Waals surface area contributed by atoms with Crippen molar-refractivity contribution in [3.63, 3.8) is 0 Å². The highest BCUT2D eigenvalue weighted by molar-refractivity contribution is 5.34. The van der Waals surface area contributed by atoms with Crippen molar-refractivity contribution >= 4 is 0 Å². The summed E-state index contributed by atoms with van der Waals surface area (Å²) < 4.78 is 18.3. The van der Waals surface area contributed by atoms with Crippen LogP contribution in [0, 0.1) is 5.82 Å². The first-order chi connectivity index (χ1) is 6.29. The first-order valence-corrected chi connectivity index (χ1v) is 4.00.